The van der Waals surface area contributed by atoms with Gasteiger partial charge in [-0.15, -0.1) is 0 Å². The first-order chi connectivity index (χ1) is 2.41. The molecule has 1 heteroatoms. The van der Waals surface area contributed by atoms with E-state index < -0.39 is 0 Å². The van der Waals surface area contributed by atoms with Crippen LogP contribution in [0.5, 0.6) is 0 Å². The summed E-state index contributed by atoms with van der Waals surface area (Å²) in [7, 11) is 0. The Balaban J connectivity index is 3.75. The summed E-state index contributed by atoms with van der Waals surface area (Å²) in [6.45, 7) is 3.20. The van der Waals surface area contributed by atoms with E-state index in [0.717, 1.165) is 0 Å². The van der Waals surface area contributed by atoms with Gasteiger partial charge in [0.2, 0.25) is 0 Å². The highest BCUT2D eigenvalue weighted by atomic mass is 14.5. The quantitative estimate of drug-likeness (QED) is 0.408. The van der Waals surface area contributed by atoms with Crippen molar-refractivity contribution in [3.05, 3.63) is 24.2 Å². The maximum Gasteiger partial charge on any atom is 0.0456 e. The molecule has 0 atom stereocenters. The molecule has 5 heavy (non-hydrogen) atoms. The number of hydrogen-bond donors (Lipinski definition) is 1. The predicted molar refractivity (Wildman–Crippen MR) is 21.4 cm³/mol. The van der Waals surface area contributed by atoms with Gasteiger partial charge >= 0.3 is 0 Å². The van der Waals surface area contributed by atoms with Crippen molar-refractivity contribution >= 4 is 0 Å². The Morgan fingerprint density at radius 3 is 2.40 bits per heavy atom. The highest BCUT2D eigenvalue weighted by Gasteiger charge is 1.27. The Bertz CT molecular complexity index is 81.8. The minimum Gasteiger partial charge on any atom is -0.398 e. The van der Waals surface area contributed by atoms with Gasteiger partial charge in [-0.2, -0.15) is 0 Å². The third-order valence-electron chi connectivity index (χ3n) is 0.185. The molecule has 26 valence electrons. The topological polar surface area (TPSA) is 26.0 Å². The molecule has 0 bridgehead atoms. The fourth-order valence-electron chi connectivity index (χ4n) is 0.0589. The molecule has 0 radical (unpaired) electrons. The van der Waals surface area contributed by atoms with Gasteiger partial charge in [0.1, 0.15) is 0 Å². The zero-order chi connectivity index (χ0) is 4.12. The second-order valence-electron chi connectivity index (χ2n) is 0.488. The van der Waals surface area contributed by atoms with Crippen LogP contribution in [0.25, 0.3) is 0 Å². The first-order valence-corrected chi connectivity index (χ1v) is 1.23. The lowest BCUT2D eigenvalue weighted by molar-refractivity contribution is 1.63. The molecule has 0 fully saturated rings. The van der Waals surface area contributed by atoms with Crippen LogP contribution in [0.2, 0.25) is 0 Å². The second kappa shape index (κ2) is 3.10. The van der Waals surface area contributed by atoms with Crippen molar-refractivity contribution in [2.24, 2.45) is 5.73 Å². The fourth-order valence-corrected chi connectivity index (χ4v) is 0.0589. The molecule has 0 aliphatic carbocycles. The molecular formula is C4H5N. The smallest absolute Gasteiger partial charge is 0.0456 e. The Morgan fingerprint density at radius 2 is 2.40 bits per heavy atom. The predicted octanol–water partition coefficient (Wildman–Crippen LogP) is 0.399. The van der Waals surface area contributed by atoms with Crippen LogP contribution < -0.4 is 5.73 Å². The molecule has 0 aromatic rings. The lowest BCUT2D eigenvalue weighted by Crippen LogP contribution is -1.68. The van der Waals surface area contributed by atoms with E-state index in [1.54, 1.807) is 0 Å². The summed E-state index contributed by atoms with van der Waals surface area (Å²) in [4.78, 5) is 0. The van der Waals surface area contributed by atoms with Crippen molar-refractivity contribution < 1.29 is 0 Å². The van der Waals surface area contributed by atoms with Crippen molar-refractivity contribution in [3.63, 3.8) is 0 Å². The van der Waals surface area contributed by atoms with Crippen molar-refractivity contribution in [2.45, 2.75) is 0 Å². The maximum absolute atomic E-state index is 4.80. The largest absolute Gasteiger partial charge is 0.398 e. The van der Waals surface area contributed by atoms with Crippen LogP contribution in [0, 0.1) is 0 Å². The van der Waals surface area contributed by atoms with Gasteiger partial charge in [-0.1, -0.05) is 11.5 Å². The molecule has 0 saturated heterocycles. The molecule has 0 rings (SSSR count). The van der Waals surface area contributed by atoms with E-state index in [-0.39, 0.29) is 0 Å². The molecule has 0 amide bonds. The molecule has 0 saturated carbocycles. The van der Waals surface area contributed by atoms with E-state index in [9.17, 15) is 0 Å². The van der Waals surface area contributed by atoms with Gasteiger partial charge < -0.3 is 5.73 Å². The van der Waals surface area contributed by atoms with Crippen molar-refractivity contribution in [3.8, 4) is 0 Å². The summed E-state index contributed by atoms with van der Waals surface area (Å²) >= 11 is 0. The second-order valence-corrected chi connectivity index (χ2v) is 0.488. The van der Waals surface area contributed by atoms with E-state index in [4.69, 9.17) is 5.73 Å². The molecule has 0 aliphatic rings. The molecule has 0 aliphatic heterocycles. The van der Waals surface area contributed by atoms with Gasteiger partial charge in [-0.3, -0.25) is 0 Å². The van der Waals surface area contributed by atoms with Gasteiger partial charge in [-0.05, 0) is 6.58 Å². The Hall–Kier alpha value is -0.900. The summed E-state index contributed by atoms with van der Waals surface area (Å²) in [6.07, 6.45) is 1.26. The van der Waals surface area contributed by atoms with E-state index >= 15 is 0 Å². The van der Waals surface area contributed by atoms with Crippen LogP contribution in [0.1, 0.15) is 0 Å². The van der Waals surface area contributed by atoms with Gasteiger partial charge in [0.05, 0.1) is 0 Å². The van der Waals surface area contributed by atoms with Gasteiger partial charge in [0, 0.05) is 6.20 Å². The average molecular weight is 67.1 g/mol. The molecule has 0 aromatic heterocycles. The van der Waals surface area contributed by atoms with E-state index in [1.807, 2.05) is 0 Å². The third-order valence-corrected chi connectivity index (χ3v) is 0.185. The Morgan fingerprint density at radius 1 is 1.80 bits per heavy atom. The minimum atomic E-state index is 1.26. The molecule has 0 heterocycles. The van der Waals surface area contributed by atoms with E-state index in [1.165, 1.54) is 6.20 Å². The van der Waals surface area contributed by atoms with Crippen LogP contribution in [0.3, 0.4) is 0 Å². The van der Waals surface area contributed by atoms with Crippen LogP contribution in [-0.2, 0) is 0 Å². The third kappa shape index (κ3) is 3.10. The Kier molecular flexibility index (Phi) is 2.54. The average Bonchev–Trinajstić information content (AvgIpc) is 1.41. The maximum atomic E-state index is 4.80. The molecule has 2 N–H and O–H groups in total. The zero-order valence-corrected chi connectivity index (χ0v) is 2.86. The van der Waals surface area contributed by atoms with Crippen molar-refractivity contribution in [1.82, 2.24) is 0 Å². The Labute approximate surface area is 31.1 Å². The summed E-state index contributed by atoms with van der Waals surface area (Å²) in [5.41, 5.74) is 9.54. The van der Waals surface area contributed by atoms with Crippen LogP contribution >= 0.6 is 0 Å². The van der Waals surface area contributed by atoms with Crippen LogP contribution in [0.4, 0.5) is 0 Å². The normalized spacial score (nSPS) is 4.00. The SMILES string of the molecule is C=C=C=CN. The summed E-state index contributed by atoms with van der Waals surface area (Å²) in [5, 5.41) is 0. The summed E-state index contributed by atoms with van der Waals surface area (Å²) < 4.78 is 0. The standard InChI is InChI=1S/C4H5N/c1-2-3-4-5/h4H,1,5H2. The molecule has 0 spiro atoms. The van der Waals surface area contributed by atoms with Gasteiger partial charge in [0.25, 0.3) is 0 Å². The molecule has 0 unspecified atom stereocenters. The molecular weight excluding hydrogens is 62.1 g/mol. The monoisotopic (exact) mass is 67.0 g/mol. The number of hydrogen-bond acceptors (Lipinski definition) is 1. The van der Waals surface area contributed by atoms with Crippen LogP contribution in [0.15, 0.2) is 24.2 Å². The highest BCUT2D eigenvalue weighted by molar-refractivity contribution is 4.74. The zero-order valence-electron chi connectivity index (χ0n) is 2.86. The van der Waals surface area contributed by atoms with Crippen molar-refractivity contribution in [1.29, 1.82) is 0 Å². The van der Waals surface area contributed by atoms with E-state index in [0.29, 0.717) is 0 Å². The first kappa shape index (κ1) is 4.10. The lowest BCUT2D eigenvalue weighted by Gasteiger charge is -1.45. The highest BCUT2D eigenvalue weighted by Crippen LogP contribution is 1.38. The first-order valence-electron chi connectivity index (χ1n) is 1.23. The number of rotatable bonds is 0. The van der Waals surface area contributed by atoms with E-state index in [2.05, 4.69) is 18.0 Å². The fraction of sp³-hybridized carbons (Fsp3) is 0. The van der Waals surface area contributed by atoms with Gasteiger partial charge in [0.15, 0.2) is 0 Å². The summed E-state index contributed by atoms with van der Waals surface area (Å²) in [6, 6.07) is 0. The van der Waals surface area contributed by atoms with Crippen LogP contribution in [-0.4, -0.2) is 0 Å². The number of nitrogens with two attached hydrogens (primary N) is 1. The van der Waals surface area contributed by atoms with Crippen molar-refractivity contribution in [2.75, 3.05) is 0 Å². The lowest BCUT2D eigenvalue weighted by atomic mass is 10.8. The molecule has 1 nitrogen and oxygen atoms in total. The molecule has 0 aromatic carbocycles. The minimum absolute atomic E-state index is 1.26. The van der Waals surface area contributed by atoms with Gasteiger partial charge in [-0.25, -0.2) is 0 Å². The summed E-state index contributed by atoms with van der Waals surface area (Å²) in [5.74, 6) is 0.